The third kappa shape index (κ3) is 4.47. The van der Waals surface area contributed by atoms with Crippen molar-refractivity contribution in [1.29, 1.82) is 0 Å². The van der Waals surface area contributed by atoms with Gasteiger partial charge in [-0.2, -0.15) is 0 Å². The molecule has 0 saturated carbocycles. The first kappa shape index (κ1) is 20.7. The normalized spacial score (nSPS) is 10.7. The van der Waals surface area contributed by atoms with E-state index in [1.54, 1.807) is 36.4 Å². The lowest BCUT2D eigenvalue weighted by atomic mass is 9.98. The molecule has 5 heteroatoms. The van der Waals surface area contributed by atoms with Crippen molar-refractivity contribution in [2.24, 2.45) is 0 Å². The van der Waals surface area contributed by atoms with Gasteiger partial charge in [-0.3, -0.25) is 14.9 Å². The molecule has 0 bridgehead atoms. The molecule has 0 fully saturated rings. The zero-order valence-corrected chi connectivity index (χ0v) is 18.4. The number of carbonyl (C=O) groups is 2. The summed E-state index contributed by atoms with van der Waals surface area (Å²) < 4.78 is 0. The van der Waals surface area contributed by atoms with Gasteiger partial charge in [-0.25, -0.2) is 4.98 Å². The topological polar surface area (TPSA) is 59.1 Å². The van der Waals surface area contributed by atoms with Gasteiger partial charge in [0, 0.05) is 27.6 Å². The molecule has 4 aromatic rings. The Bertz CT molecular complexity index is 1240. The molecule has 0 aliphatic rings. The zero-order chi connectivity index (χ0) is 22.0. The van der Waals surface area contributed by atoms with Gasteiger partial charge in [0.15, 0.2) is 10.9 Å². The van der Waals surface area contributed by atoms with Gasteiger partial charge in [0.25, 0.3) is 5.91 Å². The fraction of sp³-hybridized carbons (Fsp3) is 0.115. The Morgan fingerprint density at radius 2 is 1.39 bits per heavy atom. The first-order valence-electron chi connectivity index (χ1n) is 9.97. The molecule has 31 heavy (non-hydrogen) atoms. The van der Waals surface area contributed by atoms with Crippen molar-refractivity contribution in [3.8, 4) is 11.3 Å². The van der Waals surface area contributed by atoms with Crippen LogP contribution in [0.5, 0.6) is 0 Å². The summed E-state index contributed by atoms with van der Waals surface area (Å²) >= 11 is 1.40. The van der Waals surface area contributed by atoms with E-state index in [0.717, 1.165) is 11.3 Å². The minimum Gasteiger partial charge on any atom is -0.298 e. The second kappa shape index (κ2) is 8.66. The standard InChI is InChI=1S/C26H22N2O2S/c1-16-13-17(2)23(18(3)14-16)22-15-31-26(27-22)28-25(30)21-11-9-20(10-12-21)24(29)19-7-5-4-6-8-19/h4-15H,1-3H3,(H,27,28,30). The molecule has 0 atom stereocenters. The van der Waals surface area contributed by atoms with Crippen molar-refractivity contribution < 1.29 is 9.59 Å². The number of carbonyl (C=O) groups excluding carboxylic acids is 2. The quantitative estimate of drug-likeness (QED) is 0.386. The average Bonchev–Trinajstić information content (AvgIpc) is 3.21. The predicted octanol–water partition coefficient (Wildman–Crippen LogP) is 6.22. The Morgan fingerprint density at radius 1 is 0.806 bits per heavy atom. The lowest BCUT2D eigenvalue weighted by Crippen LogP contribution is -2.12. The maximum absolute atomic E-state index is 12.7. The summed E-state index contributed by atoms with van der Waals surface area (Å²) in [6.45, 7) is 6.23. The number of hydrogen-bond acceptors (Lipinski definition) is 4. The van der Waals surface area contributed by atoms with Crippen LogP contribution in [0.4, 0.5) is 5.13 Å². The molecule has 1 aromatic heterocycles. The van der Waals surface area contributed by atoms with E-state index in [2.05, 4.69) is 43.2 Å². The van der Waals surface area contributed by atoms with E-state index in [4.69, 9.17) is 0 Å². The minimum absolute atomic E-state index is 0.0686. The minimum atomic E-state index is -0.253. The van der Waals surface area contributed by atoms with Crippen LogP contribution in [0.2, 0.25) is 0 Å². The van der Waals surface area contributed by atoms with E-state index in [9.17, 15) is 9.59 Å². The van der Waals surface area contributed by atoms with Gasteiger partial charge in [-0.1, -0.05) is 60.2 Å². The van der Waals surface area contributed by atoms with Crippen molar-refractivity contribution in [2.75, 3.05) is 5.32 Å². The van der Waals surface area contributed by atoms with E-state index >= 15 is 0 Å². The largest absolute Gasteiger partial charge is 0.298 e. The summed E-state index contributed by atoms with van der Waals surface area (Å²) in [5.74, 6) is -0.321. The zero-order valence-electron chi connectivity index (χ0n) is 17.6. The van der Waals surface area contributed by atoms with Crippen LogP contribution in [0.3, 0.4) is 0 Å². The summed E-state index contributed by atoms with van der Waals surface area (Å²) in [7, 11) is 0. The molecule has 1 amide bonds. The molecule has 3 aromatic carbocycles. The molecule has 1 N–H and O–H groups in total. The Kier molecular flexibility index (Phi) is 5.78. The van der Waals surface area contributed by atoms with Crippen LogP contribution in [0, 0.1) is 20.8 Å². The molecule has 0 saturated heterocycles. The number of amides is 1. The van der Waals surface area contributed by atoms with Gasteiger partial charge in [0.05, 0.1) is 5.69 Å². The first-order valence-corrected chi connectivity index (χ1v) is 10.9. The molecule has 0 radical (unpaired) electrons. The summed E-state index contributed by atoms with van der Waals surface area (Å²) in [5.41, 5.74) is 7.16. The van der Waals surface area contributed by atoms with Gasteiger partial charge in [0.2, 0.25) is 0 Å². The van der Waals surface area contributed by atoms with E-state index in [0.29, 0.717) is 21.8 Å². The summed E-state index contributed by atoms with van der Waals surface area (Å²) in [6, 6.07) is 20.0. The maximum atomic E-state index is 12.7. The van der Waals surface area contributed by atoms with Gasteiger partial charge in [-0.15, -0.1) is 11.3 Å². The number of aromatic nitrogens is 1. The third-order valence-electron chi connectivity index (χ3n) is 5.10. The average molecular weight is 427 g/mol. The number of hydrogen-bond donors (Lipinski definition) is 1. The Labute approximate surface area is 185 Å². The van der Waals surface area contributed by atoms with Crippen LogP contribution >= 0.6 is 11.3 Å². The highest BCUT2D eigenvalue weighted by atomic mass is 32.1. The van der Waals surface area contributed by atoms with Crippen molar-refractivity contribution in [2.45, 2.75) is 20.8 Å². The number of benzene rings is 3. The molecule has 4 rings (SSSR count). The second-order valence-corrected chi connectivity index (χ2v) is 8.40. The van der Waals surface area contributed by atoms with E-state index in [-0.39, 0.29) is 11.7 Å². The first-order chi connectivity index (χ1) is 14.9. The molecule has 0 aliphatic heterocycles. The van der Waals surface area contributed by atoms with Crippen molar-refractivity contribution in [3.63, 3.8) is 0 Å². The molecular weight excluding hydrogens is 404 g/mol. The fourth-order valence-corrected chi connectivity index (χ4v) is 4.42. The number of nitrogens with one attached hydrogen (secondary N) is 1. The molecule has 4 nitrogen and oxygen atoms in total. The summed E-state index contributed by atoms with van der Waals surface area (Å²) in [6.07, 6.45) is 0. The lowest BCUT2D eigenvalue weighted by molar-refractivity contribution is 0.102. The second-order valence-electron chi connectivity index (χ2n) is 7.54. The fourth-order valence-electron chi connectivity index (χ4n) is 3.73. The van der Waals surface area contributed by atoms with Crippen LogP contribution in [0.15, 0.2) is 72.1 Å². The molecule has 0 spiro atoms. The highest BCUT2D eigenvalue weighted by molar-refractivity contribution is 7.14. The van der Waals surface area contributed by atoms with E-state index in [1.807, 2.05) is 23.6 Å². The predicted molar refractivity (Wildman–Crippen MR) is 126 cm³/mol. The monoisotopic (exact) mass is 426 g/mol. The summed E-state index contributed by atoms with van der Waals surface area (Å²) in [5, 5.41) is 5.37. The number of ketones is 1. The number of nitrogens with zero attached hydrogens (tertiary/aromatic N) is 1. The van der Waals surface area contributed by atoms with Gasteiger partial charge >= 0.3 is 0 Å². The van der Waals surface area contributed by atoms with E-state index < -0.39 is 0 Å². The Hall–Kier alpha value is -3.57. The van der Waals surface area contributed by atoms with Crippen LogP contribution < -0.4 is 5.32 Å². The van der Waals surface area contributed by atoms with Crippen LogP contribution in [0.25, 0.3) is 11.3 Å². The molecule has 0 unspecified atom stereocenters. The van der Waals surface area contributed by atoms with Gasteiger partial charge in [0.1, 0.15) is 0 Å². The molecule has 0 aliphatic carbocycles. The van der Waals surface area contributed by atoms with Gasteiger partial charge < -0.3 is 0 Å². The SMILES string of the molecule is Cc1cc(C)c(-c2csc(NC(=O)c3ccc(C(=O)c4ccccc4)cc3)n2)c(C)c1. The van der Waals surface area contributed by atoms with Gasteiger partial charge in [-0.05, 0) is 44.0 Å². The van der Waals surface area contributed by atoms with Crippen LogP contribution in [-0.4, -0.2) is 16.7 Å². The van der Waals surface area contributed by atoms with Crippen LogP contribution in [-0.2, 0) is 0 Å². The highest BCUT2D eigenvalue weighted by Crippen LogP contribution is 2.31. The van der Waals surface area contributed by atoms with E-state index in [1.165, 1.54) is 28.0 Å². The third-order valence-corrected chi connectivity index (χ3v) is 5.86. The summed E-state index contributed by atoms with van der Waals surface area (Å²) in [4.78, 5) is 29.8. The van der Waals surface area contributed by atoms with Crippen molar-refractivity contribution in [3.05, 3.63) is 105 Å². The highest BCUT2D eigenvalue weighted by Gasteiger charge is 2.14. The molecular formula is C26H22N2O2S. The van der Waals surface area contributed by atoms with Crippen molar-refractivity contribution >= 4 is 28.2 Å². The van der Waals surface area contributed by atoms with Crippen LogP contribution in [0.1, 0.15) is 43.0 Å². The molecule has 154 valence electrons. The Balaban J connectivity index is 1.49. The number of aryl methyl sites for hydroxylation is 3. The Morgan fingerprint density at radius 3 is 2.03 bits per heavy atom. The number of rotatable bonds is 5. The number of thiazole rings is 1. The molecule has 1 heterocycles. The smallest absolute Gasteiger partial charge is 0.257 e. The lowest BCUT2D eigenvalue weighted by Gasteiger charge is -2.08. The number of anilines is 1. The van der Waals surface area contributed by atoms with Crippen molar-refractivity contribution in [1.82, 2.24) is 4.98 Å². The maximum Gasteiger partial charge on any atom is 0.257 e.